The van der Waals surface area contributed by atoms with E-state index in [2.05, 4.69) is 19.2 Å². The Bertz CT molecular complexity index is 396. The molecule has 0 bridgehead atoms. The van der Waals surface area contributed by atoms with Gasteiger partial charge in [0.25, 0.3) is 0 Å². The first-order chi connectivity index (χ1) is 9.97. The summed E-state index contributed by atoms with van der Waals surface area (Å²) in [6.45, 7) is 8.23. The van der Waals surface area contributed by atoms with Crippen molar-refractivity contribution in [2.45, 2.75) is 84.3 Å². The second kappa shape index (κ2) is 6.80. The maximum Gasteiger partial charge on any atom is 0.246 e. The third kappa shape index (κ3) is 3.24. The van der Waals surface area contributed by atoms with Gasteiger partial charge in [0.2, 0.25) is 11.8 Å². The van der Waals surface area contributed by atoms with Crippen molar-refractivity contribution in [2.75, 3.05) is 0 Å². The molecular formula is C17H30N2O2. The number of amides is 2. The number of hydrogen-bond donors (Lipinski definition) is 1. The number of nitrogens with zero attached hydrogens (tertiary/aromatic N) is 1. The third-order valence-corrected chi connectivity index (χ3v) is 5.50. The Kier molecular flexibility index (Phi) is 5.28. The highest BCUT2D eigenvalue weighted by molar-refractivity contribution is 5.97. The fraction of sp³-hybridized carbons (Fsp3) is 0.882. The summed E-state index contributed by atoms with van der Waals surface area (Å²) in [6, 6.07) is -0.440. The van der Waals surface area contributed by atoms with E-state index in [-0.39, 0.29) is 35.9 Å². The van der Waals surface area contributed by atoms with Gasteiger partial charge in [-0.2, -0.15) is 0 Å². The quantitative estimate of drug-likeness (QED) is 0.814. The largest absolute Gasteiger partial charge is 0.342 e. The lowest BCUT2D eigenvalue weighted by Crippen LogP contribution is -2.67. The summed E-state index contributed by atoms with van der Waals surface area (Å²) >= 11 is 0. The summed E-state index contributed by atoms with van der Waals surface area (Å²) in [5.74, 6) is 0.825. The van der Waals surface area contributed by atoms with E-state index in [1.807, 2.05) is 18.7 Å². The molecule has 21 heavy (non-hydrogen) atoms. The van der Waals surface area contributed by atoms with Crippen molar-refractivity contribution in [1.29, 1.82) is 0 Å². The summed E-state index contributed by atoms with van der Waals surface area (Å²) < 4.78 is 0. The highest BCUT2D eigenvalue weighted by atomic mass is 16.2. The van der Waals surface area contributed by atoms with Gasteiger partial charge in [-0.05, 0) is 31.6 Å². The van der Waals surface area contributed by atoms with Crippen molar-refractivity contribution in [3.8, 4) is 0 Å². The molecule has 2 aliphatic rings. The Morgan fingerprint density at radius 1 is 1.19 bits per heavy atom. The molecule has 5 atom stereocenters. The monoisotopic (exact) mass is 294 g/mol. The van der Waals surface area contributed by atoms with Gasteiger partial charge in [-0.3, -0.25) is 9.59 Å². The van der Waals surface area contributed by atoms with E-state index in [0.717, 1.165) is 19.3 Å². The summed E-state index contributed by atoms with van der Waals surface area (Å²) in [6.07, 6.45) is 6.77. The molecule has 5 unspecified atom stereocenters. The number of hydrogen-bond acceptors (Lipinski definition) is 2. The van der Waals surface area contributed by atoms with Crippen LogP contribution >= 0.6 is 0 Å². The Labute approximate surface area is 128 Å². The van der Waals surface area contributed by atoms with Crippen molar-refractivity contribution >= 4 is 11.8 Å². The number of piperazine rings is 1. The Hall–Kier alpha value is -1.06. The molecule has 1 aliphatic carbocycles. The van der Waals surface area contributed by atoms with Crippen LogP contribution in [0.2, 0.25) is 0 Å². The minimum Gasteiger partial charge on any atom is -0.342 e. The summed E-state index contributed by atoms with van der Waals surface area (Å²) in [7, 11) is 0. The zero-order valence-electron chi connectivity index (χ0n) is 13.9. The van der Waals surface area contributed by atoms with Gasteiger partial charge in [-0.25, -0.2) is 0 Å². The van der Waals surface area contributed by atoms with Crippen LogP contribution < -0.4 is 5.32 Å². The summed E-state index contributed by atoms with van der Waals surface area (Å²) in [4.78, 5) is 27.2. The first-order valence-electron chi connectivity index (χ1n) is 8.59. The van der Waals surface area contributed by atoms with Crippen molar-refractivity contribution in [1.82, 2.24) is 10.2 Å². The lowest BCUT2D eigenvalue weighted by molar-refractivity contribution is -0.154. The van der Waals surface area contributed by atoms with Gasteiger partial charge in [-0.1, -0.05) is 46.5 Å². The molecular weight excluding hydrogens is 264 g/mol. The highest BCUT2D eigenvalue weighted by Crippen LogP contribution is 2.31. The predicted molar refractivity (Wildman–Crippen MR) is 83.7 cm³/mol. The number of nitrogens with one attached hydrogen (secondary N) is 1. The van der Waals surface area contributed by atoms with Crippen molar-refractivity contribution in [3.63, 3.8) is 0 Å². The number of carbonyl (C=O) groups excluding carboxylic acids is 2. The van der Waals surface area contributed by atoms with Gasteiger partial charge in [-0.15, -0.1) is 0 Å². The average molecular weight is 294 g/mol. The van der Waals surface area contributed by atoms with Crippen LogP contribution in [0.5, 0.6) is 0 Å². The van der Waals surface area contributed by atoms with E-state index >= 15 is 0 Å². The molecule has 4 heteroatoms. The normalized spacial score (nSPS) is 36.1. The van der Waals surface area contributed by atoms with Gasteiger partial charge in [0.1, 0.15) is 12.1 Å². The Balaban J connectivity index is 2.25. The summed E-state index contributed by atoms with van der Waals surface area (Å²) in [5.41, 5.74) is 0. The topological polar surface area (TPSA) is 49.4 Å². The maximum absolute atomic E-state index is 13.0. The molecule has 0 aromatic carbocycles. The zero-order chi connectivity index (χ0) is 15.6. The van der Waals surface area contributed by atoms with Crippen molar-refractivity contribution in [2.24, 2.45) is 11.8 Å². The van der Waals surface area contributed by atoms with Crippen LogP contribution in [0, 0.1) is 11.8 Å². The van der Waals surface area contributed by atoms with Crippen LogP contribution in [0.15, 0.2) is 0 Å². The first-order valence-corrected chi connectivity index (χ1v) is 8.59. The van der Waals surface area contributed by atoms with Gasteiger partial charge < -0.3 is 10.2 Å². The van der Waals surface area contributed by atoms with Crippen LogP contribution in [0.4, 0.5) is 0 Å². The van der Waals surface area contributed by atoms with E-state index in [1.54, 1.807) is 0 Å². The molecule has 2 fully saturated rings. The smallest absolute Gasteiger partial charge is 0.246 e. The SMILES string of the molecule is CCC(C)C1NC(=O)C(C)N(C2CCCCCC2C)C1=O. The minimum atomic E-state index is -0.339. The van der Waals surface area contributed by atoms with Gasteiger partial charge in [0.15, 0.2) is 0 Å². The van der Waals surface area contributed by atoms with E-state index < -0.39 is 0 Å². The Morgan fingerprint density at radius 2 is 1.86 bits per heavy atom. The van der Waals surface area contributed by atoms with Crippen LogP contribution in [-0.2, 0) is 9.59 Å². The van der Waals surface area contributed by atoms with E-state index in [1.165, 1.54) is 19.3 Å². The molecule has 0 aromatic heterocycles. The van der Waals surface area contributed by atoms with Gasteiger partial charge in [0.05, 0.1) is 0 Å². The second-order valence-corrected chi connectivity index (χ2v) is 6.98. The average Bonchev–Trinajstić information content (AvgIpc) is 2.67. The van der Waals surface area contributed by atoms with Crippen LogP contribution in [0.3, 0.4) is 0 Å². The number of carbonyl (C=O) groups is 2. The molecule has 2 amide bonds. The summed E-state index contributed by atoms with van der Waals surface area (Å²) in [5, 5.41) is 2.94. The zero-order valence-corrected chi connectivity index (χ0v) is 13.9. The molecule has 4 nitrogen and oxygen atoms in total. The van der Waals surface area contributed by atoms with Crippen LogP contribution in [0.25, 0.3) is 0 Å². The fourth-order valence-corrected chi connectivity index (χ4v) is 3.77. The predicted octanol–water partition coefficient (Wildman–Crippen LogP) is 2.72. The standard InChI is InChI=1S/C17H30N2O2/c1-5-11(2)15-17(21)19(13(4)16(20)18-15)14-10-8-6-7-9-12(14)3/h11-15H,5-10H2,1-4H3,(H,18,20). The van der Waals surface area contributed by atoms with Gasteiger partial charge in [0, 0.05) is 6.04 Å². The van der Waals surface area contributed by atoms with E-state index in [0.29, 0.717) is 5.92 Å². The first kappa shape index (κ1) is 16.3. The maximum atomic E-state index is 13.0. The molecule has 1 N–H and O–H groups in total. The highest BCUT2D eigenvalue weighted by Gasteiger charge is 2.44. The molecule has 1 saturated heterocycles. The van der Waals surface area contributed by atoms with Crippen molar-refractivity contribution in [3.05, 3.63) is 0 Å². The molecule has 0 aromatic rings. The molecule has 1 saturated carbocycles. The number of rotatable bonds is 3. The minimum absolute atomic E-state index is 0.0105. The van der Waals surface area contributed by atoms with Crippen molar-refractivity contribution < 1.29 is 9.59 Å². The molecule has 2 rings (SSSR count). The second-order valence-electron chi connectivity index (χ2n) is 6.98. The molecule has 0 spiro atoms. The van der Waals surface area contributed by atoms with Crippen LogP contribution in [0.1, 0.15) is 66.2 Å². The van der Waals surface area contributed by atoms with Gasteiger partial charge >= 0.3 is 0 Å². The van der Waals surface area contributed by atoms with E-state index in [9.17, 15) is 9.59 Å². The lowest BCUT2D eigenvalue weighted by atomic mass is 9.89. The molecule has 1 heterocycles. The molecule has 0 radical (unpaired) electrons. The van der Waals surface area contributed by atoms with Crippen LogP contribution in [-0.4, -0.2) is 34.8 Å². The third-order valence-electron chi connectivity index (χ3n) is 5.50. The lowest BCUT2D eigenvalue weighted by Gasteiger charge is -2.45. The molecule has 1 aliphatic heterocycles. The Morgan fingerprint density at radius 3 is 2.52 bits per heavy atom. The molecule has 120 valence electrons. The van der Waals surface area contributed by atoms with E-state index in [4.69, 9.17) is 0 Å². The fourth-order valence-electron chi connectivity index (χ4n) is 3.77.